The fourth-order valence-electron chi connectivity index (χ4n) is 3.19. The van der Waals surface area contributed by atoms with Gasteiger partial charge in [-0.2, -0.15) is 0 Å². The molecule has 0 rings (SSSR count). The fourth-order valence-corrected chi connectivity index (χ4v) is 3.93. The molecule has 0 spiro atoms. The first-order chi connectivity index (χ1) is 16.1. The van der Waals surface area contributed by atoms with Crippen molar-refractivity contribution in [2.24, 2.45) is 0 Å². The Morgan fingerprint density at radius 2 is 1.41 bits per heavy atom. The van der Waals surface area contributed by atoms with E-state index in [1.165, 1.54) is 57.8 Å². The van der Waals surface area contributed by atoms with Crippen molar-refractivity contribution in [1.82, 2.24) is 5.32 Å². The van der Waals surface area contributed by atoms with Crippen molar-refractivity contribution < 1.29 is 42.7 Å². The van der Waals surface area contributed by atoms with Gasteiger partial charge in [-0.3, -0.25) is 14.3 Å². The highest BCUT2D eigenvalue weighted by atomic mass is 31.2. The Labute approximate surface area is 206 Å². The summed E-state index contributed by atoms with van der Waals surface area (Å²) in [6.07, 6.45) is 13.1. The number of ether oxygens (including phenoxy) is 1. The molecule has 1 unspecified atom stereocenters. The van der Waals surface area contributed by atoms with Crippen molar-refractivity contribution in [1.29, 1.82) is 0 Å². The normalized spacial score (nSPS) is 14.5. The number of phosphoric acid groups is 1. The highest BCUT2D eigenvalue weighted by molar-refractivity contribution is 7.47. The molecule has 0 aromatic heterocycles. The number of hydrogen-bond donors (Lipinski definition) is 3. The summed E-state index contributed by atoms with van der Waals surface area (Å²) < 4.78 is 27.4. The summed E-state index contributed by atoms with van der Waals surface area (Å²) in [6, 6.07) is 0. The summed E-state index contributed by atoms with van der Waals surface area (Å²) in [4.78, 5) is 25.7. The molecule has 0 aliphatic rings. The van der Waals surface area contributed by atoms with Crippen LogP contribution in [0.4, 0.5) is 4.79 Å². The number of nitrogens with zero attached hydrogens (tertiary/aromatic N) is 1. The zero-order chi connectivity index (χ0) is 25.7. The summed E-state index contributed by atoms with van der Waals surface area (Å²) in [5, 5.41) is 11.3. The number of carbonyl (C=O) groups excluding carboxylic acids is 1. The van der Waals surface area contributed by atoms with Crippen LogP contribution in [0, 0.1) is 0 Å². The van der Waals surface area contributed by atoms with Crippen molar-refractivity contribution in [3.8, 4) is 0 Å². The van der Waals surface area contributed by atoms with Gasteiger partial charge in [0, 0.05) is 6.54 Å². The summed E-state index contributed by atoms with van der Waals surface area (Å²) in [5.74, 6) is 0. The van der Waals surface area contributed by atoms with Gasteiger partial charge in [-0.25, -0.2) is 14.2 Å². The van der Waals surface area contributed by atoms with E-state index in [0.717, 1.165) is 19.3 Å². The van der Waals surface area contributed by atoms with E-state index in [4.69, 9.17) is 19.0 Å². The molecular formula is C23H50N2O8P+. The van der Waals surface area contributed by atoms with Crippen LogP contribution in [0.1, 0.15) is 84.0 Å². The number of amides is 1. The van der Waals surface area contributed by atoms with Crippen molar-refractivity contribution >= 4 is 13.9 Å². The first-order valence-corrected chi connectivity index (χ1v) is 14.2. The van der Waals surface area contributed by atoms with Gasteiger partial charge in [-0.05, 0) is 6.42 Å². The van der Waals surface area contributed by atoms with E-state index in [2.05, 4.69) is 17.1 Å². The molecule has 34 heavy (non-hydrogen) atoms. The first kappa shape index (κ1) is 33.3. The minimum Gasteiger partial charge on any atom is -0.441 e. The third-order valence-electron chi connectivity index (χ3n) is 5.27. The van der Waals surface area contributed by atoms with Crippen LogP contribution in [0.5, 0.6) is 0 Å². The molecular weight excluding hydrogens is 463 g/mol. The van der Waals surface area contributed by atoms with Gasteiger partial charge in [-0.15, -0.1) is 0 Å². The number of rotatable bonds is 23. The number of quaternary nitrogens is 1. The molecule has 0 bridgehead atoms. The zero-order valence-electron chi connectivity index (χ0n) is 21.8. The number of alkyl carbamates (subject to hydrolysis) is 1. The van der Waals surface area contributed by atoms with Gasteiger partial charge in [0.05, 0.1) is 27.7 Å². The van der Waals surface area contributed by atoms with Crippen LogP contribution in [0.15, 0.2) is 0 Å². The van der Waals surface area contributed by atoms with Gasteiger partial charge < -0.3 is 19.4 Å². The van der Waals surface area contributed by atoms with Crippen molar-refractivity contribution in [2.45, 2.75) is 90.1 Å². The highest BCUT2D eigenvalue weighted by Gasteiger charge is 2.26. The van der Waals surface area contributed by atoms with Crippen LogP contribution in [0.3, 0.4) is 0 Å². The van der Waals surface area contributed by atoms with Crippen LogP contribution in [-0.2, 0) is 23.2 Å². The molecule has 10 nitrogen and oxygen atoms in total. The summed E-state index contributed by atoms with van der Waals surface area (Å²) in [7, 11) is 1.45. The zero-order valence-corrected chi connectivity index (χ0v) is 22.7. The highest BCUT2D eigenvalue weighted by Crippen LogP contribution is 2.43. The number of likely N-dealkylation sites (N-methyl/N-ethyl adjacent to an activating group) is 1. The Kier molecular flexibility index (Phi) is 20.0. The molecule has 0 fully saturated rings. The van der Waals surface area contributed by atoms with Crippen LogP contribution < -0.4 is 5.32 Å². The van der Waals surface area contributed by atoms with Gasteiger partial charge in [0.1, 0.15) is 19.8 Å². The molecule has 3 N–H and O–H groups in total. The van der Waals surface area contributed by atoms with E-state index in [1.54, 1.807) is 0 Å². The van der Waals surface area contributed by atoms with E-state index < -0.39 is 33.2 Å². The maximum Gasteiger partial charge on any atom is 0.472 e. The fraction of sp³-hybridized carbons (Fsp3) is 0.957. The number of unbranched alkanes of at least 4 members (excludes halogenated alkanes) is 11. The lowest BCUT2D eigenvalue weighted by Crippen LogP contribution is -2.37. The first-order valence-electron chi connectivity index (χ1n) is 12.7. The molecule has 0 heterocycles. The van der Waals surface area contributed by atoms with Crippen molar-refractivity contribution in [3.63, 3.8) is 0 Å². The maximum absolute atomic E-state index is 11.9. The van der Waals surface area contributed by atoms with Crippen LogP contribution >= 0.6 is 7.82 Å². The lowest BCUT2D eigenvalue weighted by molar-refractivity contribution is -0.870. The van der Waals surface area contributed by atoms with Gasteiger partial charge >= 0.3 is 13.9 Å². The number of carbonyl (C=O) groups is 1. The average Bonchev–Trinajstić information content (AvgIpc) is 2.74. The molecule has 0 radical (unpaired) electrons. The van der Waals surface area contributed by atoms with Gasteiger partial charge in [0.25, 0.3) is 0 Å². The van der Waals surface area contributed by atoms with Crippen molar-refractivity contribution in [3.05, 3.63) is 0 Å². The largest absolute Gasteiger partial charge is 0.472 e. The average molecular weight is 514 g/mol. The third-order valence-corrected chi connectivity index (χ3v) is 6.26. The summed E-state index contributed by atoms with van der Waals surface area (Å²) >= 11 is 0. The van der Waals surface area contributed by atoms with Gasteiger partial charge in [-0.1, -0.05) is 77.6 Å². The summed E-state index contributed by atoms with van der Waals surface area (Å²) in [5.41, 5.74) is 0. The Morgan fingerprint density at radius 3 is 1.91 bits per heavy atom. The van der Waals surface area contributed by atoms with Crippen LogP contribution in [0.25, 0.3) is 0 Å². The van der Waals surface area contributed by atoms with E-state index in [1.807, 2.05) is 21.1 Å². The predicted octanol–water partition coefficient (Wildman–Crippen LogP) is 5.11. The lowest BCUT2D eigenvalue weighted by Gasteiger charge is -2.24. The monoisotopic (exact) mass is 513 g/mol. The Hall–Kier alpha value is -0.740. The number of hydrogen-bond acceptors (Lipinski definition) is 7. The predicted molar refractivity (Wildman–Crippen MR) is 133 cm³/mol. The molecule has 0 aromatic rings. The van der Waals surface area contributed by atoms with Gasteiger partial charge in [0.15, 0.2) is 6.10 Å². The maximum atomic E-state index is 11.9. The summed E-state index contributed by atoms with van der Waals surface area (Å²) in [6.45, 7) is 2.39. The molecule has 1 amide bonds. The van der Waals surface area contributed by atoms with E-state index in [9.17, 15) is 14.3 Å². The molecule has 0 aromatic carbocycles. The topological polar surface area (TPSA) is 124 Å². The van der Waals surface area contributed by atoms with Crippen LogP contribution in [0.2, 0.25) is 0 Å². The minimum atomic E-state index is -4.31. The minimum absolute atomic E-state index is 0.0266. The SMILES string of the molecule is CCCCCCCCCCCCCCNC(=O)O[C@H](COO)COP(=O)(O)OCC[N+](C)(C)C. The van der Waals surface area contributed by atoms with E-state index in [0.29, 0.717) is 17.6 Å². The molecule has 0 aliphatic heterocycles. The number of nitrogens with one attached hydrogen (secondary N) is 1. The Morgan fingerprint density at radius 1 is 0.882 bits per heavy atom. The second kappa shape index (κ2) is 20.5. The molecule has 2 atom stereocenters. The Bertz CT molecular complexity index is 546. The Balaban J connectivity index is 3.86. The van der Waals surface area contributed by atoms with Crippen LogP contribution in [-0.4, -0.2) is 80.9 Å². The molecule has 0 saturated carbocycles. The number of phosphoric ester groups is 1. The van der Waals surface area contributed by atoms with E-state index >= 15 is 0 Å². The molecule has 11 heteroatoms. The van der Waals surface area contributed by atoms with Gasteiger partial charge in [0.2, 0.25) is 0 Å². The molecule has 204 valence electrons. The quantitative estimate of drug-likeness (QED) is 0.0566. The van der Waals surface area contributed by atoms with Crippen molar-refractivity contribution in [2.75, 3.05) is 54.1 Å². The second-order valence-corrected chi connectivity index (χ2v) is 11.2. The van der Waals surface area contributed by atoms with E-state index in [-0.39, 0.29) is 6.61 Å². The lowest BCUT2D eigenvalue weighted by atomic mass is 10.1. The third kappa shape index (κ3) is 23.0. The molecule has 0 aliphatic carbocycles. The smallest absolute Gasteiger partial charge is 0.441 e. The second-order valence-electron chi connectivity index (χ2n) is 9.75. The standard InChI is InChI=1S/C23H49N2O8P/c1-5-6-7-8-9-10-11-12-13-14-15-16-17-24-23(26)33-22(20-30-27)21-32-34(28,29)31-19-18-25(2,3)4/h22H,5-21H2,1-4H3,(H2-,24,26,27,28,29)/p+1/t22-/m1/s1. The molecule has 0 saturated heterocycles.